The van der Waals surface area contributed by atoms with Crippen molar-refractivity contribution in [2.75, 3.05) is 6.61 Å². The lowest BCUT2D eigenvalue weighted by Crippen LogP contribution is -1.83. The van der Waals surface area contributed by atoms with Crippen LogP contribution in [0, 0.1) is 0 Å². The molecule has 0 bridgehead atoms. The third-order valence-electron chi connectivity index (χ3n) is 1.81. The monoisotopic (exact) mass is 156 g/mol. The molecule has 1 nitrogen and oxygen atoms in total. The molecule has 0 aliphatic carbocycles. The molecule has 0 heterocycles. The van der Waals surface area contributed by atoms with Gasteiger partial charge in [0.05, 0.1) is 0 Å². The molecule has 0 aromatic rings. The molecule has 0 radical (unpaired) electrons. The third kappa shape index (κ3) is 7.60. The zero-order valence-corrected chi connectivity index (χ0v) is 7.77. The number of allylic oxidation sites excluding steroid dienone is 1. The standard InChI is InChI=1S/C10H20O/c1-3-4-5-6-7-10(2)8-9-11/h7,11H,3-6,8-9H2,1-2H3/b10-7+. The Morgan fingerprint density at radius 2 is 2.09 bits per heavy atom. The van der Waals surface area contributed by atoms with E-state index in [0.717, 1.165) is 6.42 Å². The van der Waals surface area contributed by atoms with Gasteiger partial charge in [-0.3, -0.25) is 0 Å². The Hall–Kier alpha value is -0.300. The lowest BCUT2D eigenvalue weighted by molar-refractivity contribution is 0.299. The van der Waals surface area contributed by atoms with Crippen LogP contribution in [0.15, 0.2) is 11.6 Å². The van der Waals surface area contributed by atoms with E-state index in [1.807, 2.05) is 0 Å². The van der Waals surface area contributed by atoms with E-state index in [2.05, 4.69) is 19.9 Å². The molecule has 0 aliphatic heterocycles. The van der Waals surface area contributed by atoms with Gasteiger partial charge in [-0.25, -0.2) is 0 Å². The van der Waals surface area contributed by atoms with Gasteiger partial charge in [-0.15, -0.1) is 0 Å². The lowest BCUT2D eigenvalue weighted by atomic mass is 10.1. The van der Waals surface area contributed by atoms with Gasteiger partial charge < -0.3 is 5.11 Å². The van der Waals surface area contributed by atoms with E-state index < -0.39 is 0 Å². The Morgan fingerprint density at radius 1 is 1.36 bits per heavy atom. The first-order chi connectivity index (χ1) is 5.31. The molecule has 0 unspecified atom stereocenters. The Labute approximate surface area is 70.1 Å². The Balaban J connectivity index is 3.24. The molecule has 11 heavy (non-hydrogen) atoms. The van der Waals surface area contributed by atoms with Crippen LogP contribution in [0.1, 0.15) is 46.0 Å². The second-order valence-electron chi connectivity index (χ2n) is 3.02. The molecule has 0 aromatic heterocycles. The summed E-state index contributed by atoms with van der Waals surface area (Å²) in [5.74, 6) is 0. The van der Waals surface area contributed by atoms with E-state index in [-0.39, 0.29) is 6.61 Å². The van der Waals surface area contributed by atoms with Crippen molar-refractivity contribution in [3.63, 3.8) is 0 Å². The summed E-state index contributed by atoms with van der Waals surface area (Å²) in [4.78, 5) is 0. The van der Waals surface area contributed by atoms with Gasteiger partial charge in [0.15, 0.2) is 0 Å². The summed E-state index contributed by atoms with van der Waals surface area (Å²) in [5.41, 5.74) is 1.32. The van der Waals surface area contributed by atoms with E-state index in [1.165, 1.54) is 31.3 Å². The predicted octanol–water partition coefficient (Wildman–Crippen LogP) is 2.90. The van der Waals surface area contributed by atoms with Crippen LogP contribution in [-0.4, -0.2) is 11.7 Å². The normalized spacial score (nSPS) is 12.1. The van der Waals surface area contributed by atoms with Gasteiger partial charge in [0, 0.05) is 6.61 Å². The van der Waals surface area contributed by atoms with Crippen molar-refractivity contribution in [2.24, 2.45) is 0 Å². The lowest BCUT2D eigenvalue weighted by Gasteiger charge is -1.97. The first-order valence-corrected chi connectivity index (χ1v) is 4.57. The quantitative estimate of drug-likeness (QED) is 0.463. The fourth-order valence-corrected chi connectivity index (χ4v) is 1.02. The minimum Gasteiger partial charge on any atom is -0.396 e. The van der Waals surface area contributed by atoms with Gasteiger partial charge in [-0.2, -0.15) is 0 Å². The average molecular weight is 156 g/mol. The molecule has 0 aliphatic rings. The van der Waals surface area contributed by atoms with Crippen molar-refractivity contribution in [1.29, 1.82) is 0 Å². The molecule has 0 rings (SSSR count). The molecule has 0 spiro atoms. The molecule has 66 valence electrons. The molecule has 0 aromatic carbocycles. The first-order valence-electron chi connectivity index (χ1n) is 4.57. The number of hydrogen-bond donors (Lipinski definition) is 1. The van der Waals surface area contributed by atoms with Crippen molar-refractivity contribution < 1.29 is 5.11 Å². The van der Waals surface area contributed by atoms with E-state index >= 15 is 0 Å². The van der Waals surface area contributed by atoms with Crippen LogP contribution in [0.2, 0.25) is 0 Å². The van der Waals surface area contributed by atoms with Crippen LogP contribution >= 0.6 is 0 Å². The Morgan fingerprint density at radius 3 is 2.64 bits per heavy atom. The maximum atomic E-state index is 8.60. The third-order valence-corrected chi connectivity index (χ3v) is 1.81. The van der Waals surface area contributed by atoms with Crippen molar-refractivity contribution in [3.8, 4) is 0 Å². The van der Waals surface area contributed by atoms with Gasteiger partial charge in [-0.05, 0) is 26.2 Å². The molecular formula is C10H20O. The molecule has 0 fully saturated rings. The topological polar surface area (TPSA) is 20.2 Å². The minimum absolute atomic E-state index is 0.288. The van der Waals surface area contributed by atoms with Crippen LogP contribution in [0.4, 0.5) is 0 Å². The maximum Gasteiger partial charge on any atom is 0.0468 e. The van der Waals surface area contributed by atoms with Gasteiger partial charge in [0.2, 0.25) is 0 Å². The predicted molar refractivity (Wildman–Crippen MR) is 49.6 cm³/mol. The molecule has 0 saturated carbocycles. The van der Waals surface area contributed by atoms with Crippen LogP contribution in [0.25, 0.3) is 0 Å². The number of aliphatic hydroxyl groups is 1. The summed E-state index contributed by atoms with van der Waals surface area (Å²) in [5, 5.41) is 8.60. The molecular weight excluding hydrogens is 136 g/mol. The van der Waals surface area contributed by atoms with Gasteiger partial charge >= 0.3 is 0 Å². The smallest absolute Gasteiger partial charge is 0.0468 e. The van der Waals surface area contributed by atoms with Crippen LogP contribution in [0.5, 0.6) is 0 Å². The second-order valence-corrected chi connectivity index (χ2v) is 3.02. The molecule has 1 heteroatoms. The highest BCUT2D eigenvalue weighted by molar-refractivity contribution is 4.97. The van der Waals surface area contributed by atoms with Crippen molar-refractivity contribution >= 4 is 0 Å². The van der Waals surface area contributed by atoms with Crippen LogP contribution in [-0.2, 0) is 0 Å². The van der Waals surface area contributed by atoms with Crippen molar-refractivity contribution in [1.82, 2.24) is 0 Å². The van der Waals surface area contributed by atoms with E-state index in [9.17, 15) is 0 Å². The van der Waals surface area contributed by atoms with Gasteiger partial charge in [0.1, 0.15) is 0 Å². The molecule has 0 amide bonds. The second kappa shape index (κ2) is 7.80. The molecule has 1 N–H and O–H groups in total. The summed E-state index contributed by atoms with van der Waals surface area (Å²) in [6.07, 6.45) is 8.16. The number of aliphatic hydroxyl groups excluding tert-OH is 1. The number of hydrogen-bond acceptors (Lipinski definition) is 1. The molecule has 0 atom stereocenters. The number of unbranched alkanes of at least 4 members (excludes halogenated alkanes) is 3. The summed E-state index contributed by atoms with van der Waals surface area (Å²) < 4.78 is 0. The average Bonchev–Trinajstić information content (AvgIpc) is 1.99. The van der Waals surface area contributed by atoms with Gasteiger partial charge in [0.25, 0.3) is 0 Å². The van der Waals surface area contributed by atoms with Gasteiger partial charge in [-0.1, -0.05) is 31.4 Å². The molecule has 0 saturated heterocycles. The summed E-state index contributed by atoms with van der Waals surface area (Å²) in [6.45, 7) is 4.59. The highest BCUT2D eigenvalue weighted by Gasteiger charge is 1.87. The van der Waals surface area contributed by atoms with E-state index in [4.69, 9.17) is 5.11 Å². The van der Waals surface area contributed by atoms with E-state index in [1.54, 1.807) is 0 Å². The fraction of sp³-hybridized carbons (Fsp3) is 0.800. The SMILES string of the molecule is CCCCC/C=C(\C)CCO. The van der Waals surface area contributed by atoms with Crippen molar-refractivity contribution in [3.05, 3.63) is 11.6 Å². The zero-order valence-electron chi connectivity index (χ0n) is 7.77. The highest BCUT2D eigenvalue weighted by atomic mass is 16.2. The summed E-state index contributed by atoms with van der Waals surface area (Å²) >= 11 is 0. The minimum atomic E-state index is 0.288. The number of rotatable bonds is 6. The maximum absolute atomic E-state index is 8.60. The zero-order chi connectivity index (χ0) is 8.53. The first kappa shape index (κ1) is 10.7. The van der Waals surface area contributed by atoms with Crippen LogP contribution < -0.4 is 0 Å². The van der Waals surface area contributed by atoms with E-state index in [0.29, 0.717) is 0 Å². The largest absolute Gasteiger partial charge is 0.396 e. The summed E-state index contributed by atoms with van der Waals surface area (Å²) in [6, 6.07) is 0. The highest BCUT2D eigenvalue weighted by Crippen LogP contribution is 2.05. The summed E-state index contributed by atoms with van der Waals surface area (Å²) in [7, 11) is 0. The van der Waals surface area contributed by atoms with Crippen LogP contribution in [0.3, 0.4) is 0 Å². The Kier molecular flexibility index (Phi) is 7.59. The Bertz CT molecular complexity index is 105. The van der Waals surface area contributed by atoms with Crippen molar-refractivity contribution in [2.45, 2.75) is 46.0 Å². The fourth-order valence-electron chi connectivity index (χ4n) is 1.02.